The van der Waals surface area contributed by atoms with E-state index < -0.39 is 0 Å². The van der Waals surface area contributed by atoms with Gasteiger partial charge in [0.15, 0.2) is 0 Å². The number of carbonyl (C=O) groups is 1. The van der Waals surface area contributed by atoms with Gasteiger partial charge in [-0.2, -0.15) is 0 Å². The summed E-state index contributed by atoms with van der Waals surface area (Å²) in [5.74, 6) is 1.80. The molecule has 0 spiro atoms. The molecule has 4 nitrogen and oxygen atoms in total. The van der Waals surface area contributed by atoms with Crippen molar-refractivity contribution in [1.29, 1.82) is 0 Å². The third kappa shape index (κ3) is 4.96. The number of benzene rings is 1. The summed E-state index contributed by atoms with van der Waals surface area (Å²) in [4.78, 5) is 14.6. The highest BCUT2D eigenvalue weighted by molar-refractivity contribution is 5.78. The van der Waals surface area contributed by atoms with Gasteiger partial charge in [0.2, 0.25) is 5.91 Å². The number of carbonyl (C=O) groups excluding carboxylic acids is 1. The largest absolute Gasteiger partial charge is 0.492 e. The van der Waals surface area contributed by atoms with Crippen LogP contribution in [0.2, 0.25) is 0 Å². The summed E-state index contributed by atoms with van der Waals surface area (Å²) in [5, 5.41) is 2.99. The smallest absolute Gasteiger partial charge is 0.234 e. The molecule has 0 aromatic heterocycles. The molecule has 0 saturated heterocycles. The Kier molecular flexibility index (Phi) is 5.21. The van der Waals surface area contributed by atoms with Crippen LogP contribution in [0, 0.1) is 12.8 Å². The third-order valence-corrected chi connectivity index (χ3v) is 4.85. The van der Waals surface area contributed by atoms with E-state index in [4.69, 9.17) is 4.74 Å². The lowest BCUT2D eigenvalue weighted by Crippen LogP contribution is -2.44. The van der Waals surface area contributed by atoms with E-state index in [0.29, 0.717) is 31.8 Å². The fraction of sp³-hybridized carbons (Fsp3) is 0.632. The van der Waals surface area contributed by atoms with Crippen molar-refractivity contribution < 1.29 is 9.53 Å². The molecule has 2 fully saturated rings. The highest BCUT2D eigenvalue weighted by Gasteiger charge is 2.39. The van der Waals surface area contributed by atoms with Gasteiger partial charge in [-0.3, -0.25) is 9.69 Å². The molecule has 0 radical (unpaired) electrons. The van der Waals surface area contributed by atoms with Crippen LogP contribution < -0.4 is 10.1 Å². The second-order valence-electron chi connectivity index (χ2n) is 7.00. The Labute approximate surface area is 139 Å². The SMILES string of the molecule is Cc1cccc(OCCNC(=O)CN(C2CC2)C(C)C2CC2)c1. The third-order valence-electron chi connectivity index (χ3n) is 4.85. The summed E-state index contributed by atoms with van der Waals surface area (Å²) < 4.78 is 5.67. The van der Waals surface area contributed by atoms with Crippen LogP contribution in [0.5, 0.6) is 5.75 Å². The second kappa shape index (κ2) is 7.35. The van der Waals surface area contributed by atoms with E-state index in [1.54, 1.807) is 0 Å². The molecule has 0 bridgehead atoms. The Morgan fingerprint density at radius 2 is 2.13 bits per heavy atom. The maximum atomic E-state index is 12.2. The van der Waals surface area contributed by atoms with E-state index >= 15 is 0 Å². The first-order chi connectivity index (χ1) is 11.1. The number of rotatable bonds is 9. The molecular weight excluding hydrogens is 288 g/mol. The highest BCUT2D eigenvalue weighted by atomic mass is 16.5. The number of ether oxygens (including phenoxy) is 1. The van der Waals surface area contributed by atoms with Crippen molar-refractivity contribution in [2.45, 2.75) is 51.6 Å². The van der Waals surface area contributed by atoms with Crippen molar-refractivity contribution in [3.8, 4) is 5.75 Å². The Hall–Kier alpha value is -1.55. The Balaban J connectivity index is 1.37. The van der Waals surface area contributed by atoms with Gasteiger partial charge < -0.3 is 10.1 Å². The molecule has 4 heteroatoms. The van der Waals surface area contributed by atoms with Crippen LogP contribution in [-0.2, 0) is 4.79 Å². The highest BCUT2D eigenvalue weighted by Crippen LogP contribution is 2.39. The summed E-state index contributed by atoms with van der Waals surface area (Å²) in [6.45, 7) is 5.93. The lowest BCUT2D eigenvalue weighted by Gasteiger charge is -2.28. The predicted octanol–water partition coefficient (Wildman–Crippen LogP) is 2.75. The molecule has 1 unspecified atom stereocenters. The van der Waals surface area contributed by atoms with Crippen LogP contribution in [0.3, 0.4) is 0 Å². The Bertz CT molecular complexity index is 538. The average Bonchev–Trinajstić information content (AvgIpc) is 3.39. The van der Waals surface area contributed by atoms with E-state index in [-0.39, 0.29) is 5.91 Å². The van der Waals surface area contributed by atoms with Crippen LogP contribution in [0.1, 0.15) is 38.2 Å². The topological polar surface area (TPSA) is 41.6 Å². The zero-order valence-corrected chi connectivity index (χ0v) is 14.3. The van der Waals surface area contributed by atoms with E-state index in [9.17, 15) is 4.79 Å². The molecule has 0 aliphatic heterocycles. The molecule has 1 atom stereocenters. The van der Waals surface area contributed by atoms with Gasteiger partial charge in [0.1, 0.15) is 12.4 Å². The number of hydrogen-bond donors (Lipinski definition) is 1. The molecule has 2 aliphatic carbocycles. The first kappa shape index (κ1) is 16.3. The molecule has 126 valence electrons. The van der Waals surface area contributed by atoms with Gasteiger partial charge in [0.05, 0.1) is 13.1 Å². The van der Waals surface area contributed by atoms with Gasteiger partial charge >= 0.3 is 0 Å². The van der Waals surface area contributed by atoms with Gasteiger partial charge in [0, 0.05) is 12.1 Å². The first-order valence-electron chi connectivity index (χ1n) is 8.85. The minimum absolute atomic E-state index is 0.122. The van der Waals surface area contributed by atoms with E-state index in [2.05, 4.69) is 17.1 Å². The van der Waals surface area contributed by atoms with Crippen LogP contribution in [0.15, 0.2) is 24.3 Å². The lowest BCUT2D eigenvalue weighted by atomic mass is 10.1. The molecule has 0 heterocycles. The molecule has 1 amide bonds. The van der Waals surface area contributed by atoms with Crippen LogP contribution in [0.4, 0.5) is 0 Å². The monoisotopic (exact) mass is 316 g/mol. The average molecular weight is 316 g/mol. The Morgan fingerprint density at radius 3 is 2.78 bits per heavy atom. The number of nitrogens with zero attached hydrogens (tertiary/aromatic N) is 1. The number of aryl methyl sites for hydroxylation is 1. The molecule has 3 rings (SSSR count). The Morgan fingerprint density at radius 1 is 1.35 bits per heavy atom. The predicted molar refractivity (Wildman–Crippen MR) is 91.6 cm³/mol. The van der Waals surface area contributed by atoms with Crippen molar-refractivity contribution in [3.05, 3.63) is 29.8 Å². The van der Waals surface area contributed by atoms with E-state index in [1.165, 1.54) is 31.2 Å². The maximum Gasteiger partial charge on any atom is 0.234 e. The van der Waals surface area contributed by atoms with Crippen molar-refractivity contribution in [2.24, 2.45) is 5.92 Å². The lowest BCUT2D eigenvalue weighted by molar-refractivity contribution is -0.123. The van der Waals surface area contributed by atoms with E-state index in [0.717, 1.165) is 11.7 Å². The van der Waals surface area contributed by atoms with Crippen LogP contribution >= 0.6 is 0 Å². The van der Waals surface area contributed by atoms with Gasteiger partial charge in [-0.25, -0.2) is 0 Å². The summed E-state index contributed by atoms with van der Waals surface area (Å²) in [6, 6.07) is 9.17. The molecule has 1 aromatic rings. The van der Waals surface area contributed by atoms with Crippen molar-refractivity contribution in [3.63, 3.8) is 0 Å². The van der Waals surface area contributed by atoms with Crippen molar-refractivity contribution in [2.75, 3.05) is 19.7 Å². The number of hydrogen-bond acceptors (Lipinski definition) is 3. The normalized spacial score (nSPS) is 18.7. The van der Waals surface area contributed by atoms with Crippen LogP contribution in [0.25, 0.3) is 0 Å². The molecule has 2 aliphatic rings. The van der Waals surface area contributed by atoms with Crippen LogP contribution in [-0.4, -0.2) is 42.6 Å². The van der Waals surface area contributed by atoms with Gasteiger partial charge in [0.25, 0.3) is 0 Å². The van der Waals surface area contributed by atoms with Gasteiger partial charge in [-0.05, 0) is 63.1 Å². The molecule has 23 heavy (non-hydrogen) atoms. The summed E-state index contributed by atoms with van der Waals surface area (Å²) in [7, 11) is 0. The fourth-order valence-electron chi connectivity index (χ4n) is 3.15. The quantitative estimate of drug-likeness (QED) is 0.712. The summed E-state index contributed by atoms with van der Waals surface area (Å²) in [6.07, 6.45) is 5.16. The molecule has 1 N–H and O–H groups in total. The minimum Gasteiger partial charge on any atom is -0.492 e. The van der Waals surface area contributed by atoms with Crippen molar-refractivity contribution in [1.82, 2.24) is 10.2 Å². The molecular formula is C19H28N2O2. The fourth-order valence-corrected chi connectivity index (χ4v) is 3.15. The first-order valence-corrected chi connectivity index (χ1v) is 8.85. The second-order valence-corrected chi connectivity index (χ2v) is 7.00. The van der Waals surface area contributed by atoms with E-state index in [1.807, 2.05) is 31.2 Å². The van der Waals surface area contributed by atoms with Gasteiger partial charge in [-0.1, -0.05) is 12.1 Å². The molecule has 2 saturated carbocycles. The molecule has 1 aromatic carbocycles. The standard InChI is InChI=1S/C19H28N2O2/c1-14-4-3-5-18(12-14)23-11-10-20-19(22)13-21(17-8-9-17)15(2)16-6-7-16/h3-5,12,15-17H,6-11,13H2,1-2H3,(H,20,22). The number of amides is 1. The minimum atomic E-state index is 0.122. The zero-order valence-electron chi connectivity index (χ0n) is 14.3. The van der Waals surface area contributed by atoms with Crippen molar-refractivity contribution >= 4 is 5.91 Å². The maximum absolute atomic E-state index is 12.2. The number of nitrogens with one attached hydrogen (secondary N) is 1. The van der Waals surface area contributed by atoms with Gasteiger partial charge in [-0.15, -0.1) is 0 Å². The zero-order chi connectivity index (χ0) is 16.2. The summed E-state index contributed by atoms with van der Waals surface area (Å²) in [5.41, 5.74) is 1.18. The summed E-state index contributed by atoms with van der Waals surface area (Å²) >= 11 is 0.